The van der Waals surface area contributed by atoms with Gasteiger partial charge in [0.25, 0.3) is 11.8 Å². The minimum Gasteiger partial charge on any atom is -0.341 e. The highest BCUT2D eigenvalue weighted by atomic mass is 35.5. The van der Waals surface area contributed by atoms with Crippen molar-refractivity contribution < 1.29 is 40.3 Å². The molecule has 0 bridgehead atoms. The van der Waals surface area contributed by atoms with Crippen molar-refractivity contribution in [2.75, 3.05) is 5.32 Å². The zero-order valence-electron chi connectivity index (χ0n) is 19.7. The van der Waals surface area contributed by atoms with E-state index in [1.165, 1.54) is 18.2 Å². The highest BCUT2D eigenvalue weighted by Gasteiger charge is 2.36. The fraction of sp³-hybridized carbons (Fsp3) is 0.115. The number of benzene rings is 3. The normalized spacial score (nSPS) is 14.8. The molecular formula is C26H14ClF7N4O2. The van der Waals surface area contributed by atoms with Gasteiger partial charge >= 0.3 is 12.7 Å². The number of halogens is 8. The molecule has 5 rings (SSSR count). The number of fused-ring (bicyclic) bond motifs is 1. The first-order valence-corrected chi connectivity index (χ1v) is 11.6. The Balaban J connectivity index is 1.66. The molecule has 1 aliphatic rings. The summed E-state index contributed by atoms with van der Waals surface area (Å²) in [5, 5.41) is 8.58. The third-order valence-corrected chi connectivity index (χ3v) is 6.47. The highest BCUT2D eigenvalue weighted by Crippen LogP contribution is 2.42. The maximum atomic E-state index is 14.1. The Morgan fingerprint density at radius 2 is 1.77 bits per heavy atom. The van der Waals surface area contributed by atoms with Crippen molar-refractivity contribution in [2.24, 2.45) is 0 Å². The first-order chi connectivity index (χ1) is 18.8. The van der Waals surface area contributed by atoms with Crippen molar-refractivity contribution in [3.63, 3.8) is 0 Å². The molecule has 2 amide bonds. The third kappa shape index (κ3) is 5.11. The van der Waals surface area contributed by atoms with Crippen LogP contribution in [0.2, 0.25) is 5.02 Å². The number of anilines is 1. The van der Waals surface area contributed by atoms with Crippen LogP contribution in [0, 0.1) is 11.6 Å². The molecular weight excluding hydrogens is 569 g/mol. The second kappa shape index (κ2) is 9.97. The van der Waals surface area contributed by atoms with Crippen LogP contribution in [0.3, 0.4) is 0 Å². The van der Waals surface area contributed by atoms with Gasteiger partial charge in [-0.25, -0.2) is 13.5 Å². The van der Waals surface area contributed by atoms with Gasteiger partial charge < -0.3 is 10.6 Å². The molecule has 4 aromatic rings. The van der Waals surface area contributed by atoms with Crippen LogP contribution >= 0.6 is 11.6 Å². The number of carbonyl (C=O) groups excluding carboxylic acids is 2. The molecule has 1 atom stereocenters. The number of hydrogen-bond donors (Lipinski definition) is 2. The van der Waals surface area contributed by atoms with E-state index in [1.54, 1.807) is 0 Å². The Bertz CT molecular complexity index is 1670. The van der Waals surface area contributed by atoms with Crippen LogP contribution in [-0.2, 0) is 6.18 Å². The highest BCUT2D eigenvalue weighted by molar-refractivity contribution is 6.31. The van der Waals surface area contributed by atoms with E-state index in [0.717, 1.165) is 24.5 Å². The summed E-state index contributed by atoms with van der Waals surface area (Å²) in [4.78, 5) is 26.1. The van der Waals surface area contributed by atoms with Crippen LogP contribution in [0.15, 0.2) is 60.9 Å². The molecule has 0 saturated carbocycles. The zero-order chi connectivity index (χ0) is 28.9. The molecule has 0 saturated heterocycles. The van der Waals surface area contributed by atoms with Crippen LogP contribution in [-0.4, -0.2) is 21.6 Å². The molecule has 3 aromatic carbocycles. The smallest absolute Gasteiger partial charge is 0.341 e. The van der Waals surface area contributed by atoms with E-state index in [4.69, 9.17) is 11.6 Å². The number of rotatable bonds is 5. The van der Waals surface area contributed by atoms with Crippen molar-refractivity contribution in [2.45, 2.75) is 18.8 Å². The molecule has 0 aliphatic carbocycles. The monoisotopic (exact) mass is 582 g/mol. The summed E-state index contributed by atoms with van der Waals surface area (Å²) in [6.45, 7) is -2.97. The number of nitrogens with zero attached hydrogens (tertiary/aromatic N) is 2. The van der Waals surface area contributed by atoms with Gasteiger partial charge in [0.05, 0.1) is 17.8 Å². The van der Waals surface area contributed by atoms with Gasteiger partial charge in [0, 0.05) is 44.7 Å². The molecule has 0 spiro atoms. The van der Waals surface area contributed by atoms with E-state index in [9.17, 15) is 40.3 Å². The average Bonchev–Trinajstić information content (AvgIpc) is 3.50. The van der Waals surface area contributed by atoms with Gasteiger partial charge in [-0.05, 0) is 54.1 Å². The first kappa shape index (κ1) is 27.2. The summed E-state index contributed by atoms with van der Waals surface area (Å²) in [6, 6.07) is 6.11. The molecule has 2 N–H and O–H groups in total. The van der Waals surface area contributed by atoms with Crippen LogP contribution in [0.1, 0.15) is 50.0 Å². The van der Waals surface area contributed by atoms with Crippen LogP contribution in [0.5, 0.6) is 0 Å². The van der Waals surface area contributed by atoms with Gasteiger partial charge in [-0.1, -0.05) is 11.6 Å². The first-order valence-electron chi connectivity index (χ1n) is 11.3. The van der Waals surface area contributed by atoms with Gasteiger partial charge in [-0.2, -0.15) is 27.1 Å². The van der Waals surface area contributed by atoms with Crippen LogP contribution in [0.25, 0.3) is 11.1 Å². The molecule has 206 valence electrons. The summed E-state index contributed by atoms with van der Waals surface area (Å²) in [7, 11) is 0. The Morgan fingerprint density at radius 1 is 1.02 bits per heavy atom. The number of carbonyl (C=O) groups is 2. The lowest BCUT2D eigenvalue weighted by atomic mass is 9.93. The molecule has 0 fully saturated rings. The van der Waals surface area contributed by atoms with E-state index in [-0.39, 0.29) is 44.6 Å². The second-order valence-electron chi connectivity index (χ2n) is 8.72. The second-order valence-corrected chi connectivity index (χ2v) is 9.13. The van der Waals surface area contributed by atoms with Crippen LogP contribution < -0.4 is 10.6 Å². The number of aromatic nitrogens is 2. The Morgan fingerprint density at radius 3 is 2.45 bits per heavy atom. The molecule has 1 aliphatic heterocycles. The predicted molar refractivity (Wildman–Crippen MR) is 129 cm³/mol. The van der Waals surface area contributed by atoms with Crippen LogP contribution in [0.4, 0.5) is 36.4 Å². The lowest BCUT2D eigenvalue weighted by Crippen LogP contribution is -2.21. The SMILES string of the molecule is O=C(Nc1cc(-c2cnn(C(F)F)c2)cc2c1[C@@H](c1cc(F)ccc1Cl)NC2=O)c1cc(F)cc(C(F)(F)F)c1. The van der Waals surface area contributed by atoms with Gasteiger partial charge in [0.15, 0.2) is 0 Å². The van der Waals surface area contributed by atoms with E-state index in [1.807, 2.05) is 0 Å². The van der Waals surface area contributed by atoms with E-state index >= 15 is 0 Å². The predicted octanol–water partition coefficient (Wildman–Crippen LogP) is 6.98. The van der Waals surface area contributed by atoms with Crippen molar-refractivity contribution in [1.29, 1.82) is 0 Å². The summed E-state index contributed by atoms with van der Waals surface area (Å²) < 4.78 is 94.3. The Labute approximate surface area is 225 Å². The molecule has 1 aromatic heterocycles. The Kier molecular flexibility index (Phi) is 6.78. The lowest BCUT2D eigenvalue weighted by molar-refractivity contribution is -0.137. The maximum Gasteiger partial charge on any atom is 0.416 e. The lowest BCUT2D eigenvalue weighted by Gasteiger charge is -2.19. The van der Waals surface area contributed by atoms with Gasteiger partial charge in [0.2, 0.25) is 0 Å². The quantitative estimate of drug-likeness (QED) is 0.249. The van der Waals surface area contributed by atoms with Crippen molar-refractivity contribution in [3.05, 3.63) is 105 Å². The minimum atomic E-state index is -4.95. The molecule has 0 radical (unpaired) electrons. The minimum absolute atomic E-state index is 0.0547. The summed E-state index contributed by atoms with van der Waals surface area (Å²) >= 11 is 6.25. The number of hydrogen-bond acceptors (Lipinski definition) is 3. The zero-order valence-corrected chi connectivity index (χ0v) is 20.4. The summed E-state index contributed by atoms with van der Waals surface area (Å²) in [5.41, 5.74) is -1.87. The maximum absolute atomic E-state index is 14.1. The topological polar surface area (TPSA) is 76.0 Å². The number of alkyl halides is 5. The molecule has 14 heteroatoms. The molecule has 40 heavy (non-hydrogen) atoms. The Hall–Kier alpha value is -4.39. The largest absolute Gasteiger partial charge is 0.416 e. The van der Waals surface area contributed by atoms with Gasteiger partial charge in [-0.3, -0.25) is 9.59 Å². The van der Waals surface area contributed by atoms with Gasteiger partial charge in [0.1, 0.15) is 11.6 Å². The molecule has 2 heterocycles. The summed E-state index contributed by atoms with van der Waals surface area (Å²) in [6.07, 6.45) is -2.89. The van der Waals surface area contributed by atoms with E-state index in [2.05, 4.69) is 15.7 Å². The van der Waals surface area contributed by atoms with Crippen molar-refractivity contribution in [1.82, 2.24) is 15.1 Å². The standard InChI is InChI=1S/C26H14ClF7N4O2/c27-19-2-1-15(28)8-17(19)22-21-18(24(40)37-22)5-11(13-9-35-38(10-13)25(30)31)6-20(21)36-23(39)12-3-14(26(32,33)34)7-16(29)4-12/h1-10,22,25H,(H,36,39)(H,37,40)/t22-/m1/s1. The van der Waals surface area contributed by atoms with E-state index in [0.29, 0.717) is 16.8 Å². The fourth-order valence-corrected chi connectivity index (χ4v) is 4.57. The number of amides is 2. The molecule has 6 nitrogen and oxygen atoms in total. The van der Waals surface area contributed by atoms with Crippen molar-refractivity contribution in [3.8, 4) is 11.1 Å². The van der Waals surface area contributed by atoms with Crippen molar-refractivity contribution >= 4 is 29.1 Å². The average molecular weight is 583 g/mol. The molecule has 0 unspecified atom stereocenters. The van der Waals surface area contributed by atoms with E-state index < -0.39 is 53.3 Å². The third-order valence-electron chi connectivity index (χ3n) is 6.13. The van der Waals surface area contributed by atoms with Gasteiger partial charge in [-0.15, -0.1) is 0 Å². The number of nitrogens with one attached hydrogen (secondary N) is 2. The fourth-order valence-electron chi connectivity index (χ4n) is 4.35. The summed E-state index contributed by atoms with van der Waals surface area (Å²) in [5.74, 6) is -3.87.